The van der Waals surface area contributed by atoms with Crippen LogP contribution in [0.15, 0.2) is 18.3 Å². The SMILES string of the molecule is NNc1cc(CN2CCC(N3CCOCC3)C2)ccn1. The van der Waals surface area contributed by atoms with Crippen LogP contribution in [0.1, 0.15) is 12.0 Å². The summed E-state index contributed by atoms with van der Waals surface area (Å²) in [5.74, 6) is 6.13. The van der Waals surface area contributed by atoms with E-state index in [1.54, 1.807) is 6.20 Å². The molecule has 1 atom stereocenters. The molecule has 6 heteroatoms. The Morgan fingerprint density at radius 1 is 1.35 bits per heavy atom. The van der Waals surface area contributed by atoms with Gasteiger partial charge in [-0.05, 0) is 24.1 Å². The fourth-order valence-electron chi connectivity index (χ4n) is 3.11. The summed E-state index contributed by atoms with van der Waals surface area (Å²) < 4.78 is 5.43. The molecular formula is C14H23N5O. The van der Waals surface area contributed by atoms with Crippen LogP contribution in [0.2, 0.25) is 0 Å². The summed E-state index contributed by atoms with van der Waals surface area (Å²) in [6, 6.07) is 4.76. The zero-order valence-electron chi connectivity index (χ0n) is 11.8. The van der Waals surface area contributed by atoms with Gasteiger partial charge in [-0.1, -0.05) is 0 Å². The Morgan fingerprint density at radius 3 is 3.00 bits per heavy atom. The number of nitrogens with one attached hydrogen (secondary N) is 1. The second-order valence-corrected chi connectivity index (χ2v) is 5.52. The van der Waals surface area contributed by atoms with Gasteiger partial charge < -0.3 is 10.2 Å². The summed E-state index contributed by atoms with van der Waals surface area (Å²) >= 11 is 0. The quantitative estimate of drug-likeness (QED) is 0.608. The summed E-state index contributed by atoms with van der Waals surface area (Å²) in [5.41, 5.74) is 3.86. The topological polar surface area (TPSA) is 66.7 Å². The van der Waals surface area contributed by atoms with E-state index in [-0.39, 0.29) is 0 Å². The number of anilines is 1. The van der Waals surface area contributed by atoms with Gasteiger partial charge in [0.2, 0.25) is 0 Å². The first-order valence-electron chi connectivity index (χ1n) is 7.31. The molecule has 2 aliphatic rings. The Hall–Kier alpha value is -1.21. The Morgan fingerprint density at radius 2 is 2.20 bits per heavy atom. The number of aromatic nitrogens is 1. The first-order valence-corrected chi connectivity index (χ1v) is 7.31. The molecule has 0 aromatic carbocycles. The van der Waals surface area contributed by atoms with Crippen molar-refractivity contribution in [3.8, 4) is 0 Å². The second-order valence-electron chi connectivity index (χ2n) is 5.52. The van der Waals surface area contributed by atoms with Crippen LogP contribution in [-0.2, 0) is 11.3 Å². The lowest BCUT2D eigenvalue weighted by atomic mass is 10.2. The lowest BCUT2D eigenvalue weighted by molar-refractivity contribution is 0.0184. The highest BCUT2D eigenvalue weighted by Crippen LogP contribution is 2.19. The molecule has 6 nitrogen and oxygen atoms in total. The van der Waals surface area contributed by atoms with Crippen molar-refractivity contribution in [3.05, 3.63) is 23.9 Å². The van der Waals surface area contributed by atoms with Crippen LogP contribution in [0.5, 0.6) is 0 Å². The minimum absolute atomic E-state index is 0.688. The summed E-state index contributed by atoms with van der Waals surface area (Å²) in [6.45, 7) is 7.20. The van der Waals surface area contributed by atoms with Gasteiger partial charge in [0.05, 0.1) is 13.2 Å². The fraction of sp³-hybridized carbons (Fsp3) is 0.643. The third kappa shape index (κ3) is 3.27. The normalized spacial score (nSPS) is 24.9. The lowest BCUT2D eigenvalue weighted by Gasteiger charge is -2.32. The molecule has 0 saturated carbocycles. The van der Waals surface area contributed by atoms with Gasteiger partial charge in [0.15, 0.2) is 0 Å². The molecule has 2 aliphatic heterocycles. The average Bonchev–Trinajstić information content (AvgIpc) is 2.97. The predicted molar refractivity (Wildman–Crippen MR) is 78.1 cm³/mol. The van der Waals surface area contributed by atoms with E-state index in [1.807, 2.05) is 6.07 Å². The van der Waals surface area contributed by atoms with E-state index in [4.69, 9.17) is 10.6 Å². The van der Waals surface area contributed by atoms with Crippen molar-refractivity contribution in [2.24, 2.45) is 5.84 Å². The van der Waals surface area contributed by atoms with E-state index in [2.05, 4.69) is 26.3 Å². The number of nitrogens with zero attached hydrogens (tertiary/aromatic N) is 3. The van der Waals surface area contributed by atoms with Crippen molar-refractivity contribution in [1.82, 2.24) is 14.8 Å². The van der Waals surface area contributed by atoms with Gasteiger partial charge >= 0.3 is 0 Å². The van der Waals surface area contributed by atoms with E-state index in [0.717, 1.165) is 51.8 Å². The Balaban J connectivity index is 1.54. The number of hydrogen-bond donors (Lipinski definition) is 2. The van der Waals surface area contributed by atoms with Crippen LogP contribution in [0.3, 0.4) is 0 Å². The highest BCUT2D eigenvalue weighted by Gasteiger charge is 2.28. The molecule has 2 fully saturated rings. The Kier molecular flexibility index (Phi) is 4.47. The average molecular weight is 277 g/mol. The highest BCUT2D eigenvalue weighted by atomic mass is 16.5. The van der Waals surface area contributed by atoms with Crippen LogP contribution in [-0.4, -0.2) is 60.2 Å². The van der Waals surface area contributed by atoms with Gasteiger partial charge in [-0.15, -0.1) is 0 Å². The number of likely N-dealkylation sites (tertiary alicyclic amines) is 1. The van der Waals surface area contributed by atoms with Crippen LogP contribution >= 0.6 is 0 Å². The fourth-order valence-corrected chi connectivity index (χ4v) is 3.11. The molecule has 0 spiro atoms. The summed E-state index contributed by atoms with van der Waals surface area (Å²) in [5, 5.41) is 0. The third-order valence-electron chi connectivity index (χ3n) is 4.19. The zero-order chi connectivity index (χ0) is 13.8. The molecule has 2 saturated heterocycles. The van der Waals surface area contributed by atoms with Crippen molar-refractivity contribution in [2.75, 3.05) is 44.8 Å². The maximum absolute atomic E-state index is 5.43. The number of ether oxygens (including phenoxy) is 1. The van der Waals surface area contributed by atoms with E-state index in [0.29, 0.717) is 6.04 Å². The number of hydrazine groups is 1. The minimum Gasteiger partial charge on any atom is -0.379 e. The molecular weight excluding hydrogens is 254 g/mol. The van der Waals surface area contributed by atoms with Crippen molar-refractivity contribution in [1.29, 1.82) is 0 Å². The molecule has 1 aromatic rings. The van der Waals surface area contributed by atoms with Crippen molar-refractivity contribution in [3.63, 3.8) is 0 Å². The number of rotatable bonds is 4. The van der Waals surface area contributed by atoms with Gasteiger partial charge in [-0.2, -0.15) is 0 Å². The number of pyridine rings is 1. The molecule has 1 aromatic heterocycles. The molecule has 0 bridgehead atoms. The summed E-state index contributed by atoms with van der Waals surface area (Å²) in [4.78, 5) is 9.23. The van der Waals surface area contributed by atoms with Crippen LogP contribution in [0, 0.1) is 0 Å². The Labute approximate surface area is 119 Å². The second kappa shape index (κ2) is 6.49. The van der Waals surface area contributed by atoms with E-state index >= 15 is 0 Å². The van der Waals surface area contributed by atoms with Gasteiger partial charge in [0.25, 0.3) is 0 Å². The van der Waals surface area contributed by atoms with E-state index in [1.165, 1.54) is 12.0 Å². The summed E-state index contributed by atoms with van der Waals surface area (Å²) in [7, 11) is 0. The smallest absolute Gasteiger partial charge is 0.140 e. The summed E-state index contributed by atoms with van der Waals surface area (Å²) in [6.07, 6.45) is 3.06. The van der Waals surface area contributed by atoms with Gasteiger partial charge in [-0.25, -0.2) is 10.8 Å². The molecule has 0 aliphatic carbocycles. The number of nitrogen functional groups attached to an aromatic ring is 1. The van der Waals surface area contributed by atoms with E-state index < -0.39 is 0 Å². The predicted octanol–water partition coefficient (Wildman–Crippen LogP) is 0.274. The third-order valence-corrected chi connectivity index (χ3v) is 4.19. The standard InChI is InChI=1S/C14H23N5O/c15-17-14-9-12(1-3-16-14)10-18-4-2-13(11-18)19-5-7-20-8-6-19/h1,3,9,13H,2,4-8,10-11,15H2,(H,16,17). The van der Waals surface area contributed by atoms with Gasteiger partial charge in [0.1, 0.15) is 5.82 Å². The van der Waals surface area contributed by atoms with Gasteiger partial charge in [-0.3, -0.25) is 9.80 Å². The van der Waals surface area contributed by atoms with Crippen molar-refractivity contribution >= 4 is 5.82 Å². The largest absolute Gasteiger partial charge is 0.379 e. The van der Waals surface area contributed by atoms with Crippen LogP contribution in [0.25, 0.3) is 0 Å². The molecule has 3 N–H and O–H groups in total. The first kappa shape index (κ1) is 13.8. The molecule has 110 valence electrons. The maximum Gasteiger partial charge on any atom is 0.140 e. The molecule has 0 amide bonds. The maximum atomic E-state index is 5.43. The van der Waals surface area contributed by atoms with Gasteiger partial charge in [0, 0.05) is 45.0 Å². The molecule has 0 radical (unpaired) electrons. The first-order chi connectivity index (χ1) is 9.85. The Bertz CT molecular complexity index is 435. The molecule has 1 unspecified atom stereocenters. The zero-order valence-corrected chi connectivity index (χ0v) is 11.8. The highest BCUT2D eigenvalue weighted by molar-refractivity contribution is 5.35. The minimum atomic E-state index is 0.688. The van der Waals surface area contributed by atoms with Crippen LogP contribution < -0.4 is 11.3 Å². The lowest BCUT2D eigenvalue weighted by Crippen LogP contribution is -2.44. The monoisotopic (exact) mass is 277 g/mol. The number of morpholine rings is 1. The van der Waals surface area contributed by atoms with Crippen LogP contribution in [0.4, 0.5) is 5.82 Å². The van der Waals surface area contributed by atoms with Crippen molar-refractivity contribution < 1.29 is 4.74 Å². The number of hydrogen-bond acceptors (Lipinski definition) is 6. The van der Waals surface area contributed by atoms with Crippen molar-refractivity contribution in [2.45, 2.75) is 19.0 Å². The molecule has 3 rings (SSSR count). The number of nitrogens with two attached hydrogens (primary N) is 1. The van der Waals surface area contributed by atoms with E-state index in [9.17, 15) is 0 Å². The molecule has 3 heterocycles. The molecule has 20 heavy (non-hydrogen) atoms.